The molecule has 0 aliphatic heterocycles. The van der Waals surface area contributed by atoms with Crippen LogP contribution in [0.3, 0.4) is 0 Å². The van der Waals surface area contributed by atoms with E-state index in [-0.39, 0.29) is 17.4 Å². The molecule has 1 heterocycles. The van der Waals surface area contributed by atoms with Crippen LogP contribution in [0.4, 0.5) is 17.6 Å². The van der Waals surface area contributed by atoms with E-state index >= 15 is 0 Å². The third-order valence-corrected chi connectivity index (χ3v) is 2.16. The van der Waals surface area contributed by atoms with Gasteiger partial charge in [-0.25, -0.2) is 0 Å². The summed E-state index contributed by atoms with van der Waals surface area (Å²) >= 11 is 0. The first-order chi connectivity index (χ1) is 7.58. The average Bonchev–Trinajstić information content (AvgIpc) is 2.68. The van der Waals surface area contributed by atoms with Crippen molar-refractivity contribution in [2.45, 2.75) is 0 Å². The van der Waals surface area contributed by atoms with Crippen molar-refractivity contribution in [1.82, 2.24) is 15.2 Å². The molecular formula is C9H11N5O2. The van der Waals surface area contributed by atoms with Crippen LogP contribution >= 0.6 is 0 Å². The van der Waals surface area contributed by atoms with Gasteiger partial charge in [-0.15, -0.1) is 10.2 Å². The number of phenols is 2. The molecule has 0 atom stereocenters. The van der Waals surface area contributed by atoms with Crippen molar-refractivity contribution < 1.29 is 10.2 Å². The number of hydrogen-bond donors (Lipinski definition) is 4. The first-order valence-electron chi connectivity index (χ1n) is 4.52. The molecule has 84 valence electrons. The van der Waals surface area contributed by atoms with Crippen molar-refractivity contribution in [3.05, 3.63) is 18.2 Å². The van der Waals surface area contributed by atoms with E-state index in [2.05, 4.69) is 15.2 Å². The van der Waals surface area contributed by atoms with Crippen molar-refractivity contribution in [2.24, 2.45) is 0 Å². The predicted molar refractivity (Wildman–Crippen MR) is 58.6 cm³/mol. The number of nitrogen functional groups attached to an aromatic ring is 1. The van der Waals surface area contributed by atoms with E-state index < -0.39 is 0 Å². The number of benzene rings is 1. The highest BCUT2D eigenvalue weighted by molar-refractivity contribution is 5.61. The third kappa shape index (κ3) is 1.70. The second kappa shape index (κ2) is 3.61. The average molecular weight is 221 g/mol. The Balaban J connectivity index is 2.33. The molecule has 0 bridgehead atoms. The Bertz CT molecular complexity index is 510. The zero-order valence-electron chi connectivity index (χ0n) is 8.55. The molecule has 0 fully saturated rings. The molecule has 7 heteroatoms. The zero-order chi connectivity index (χ0) is 11.7. The number of rotatable bonds is 2. The molecule has 0 spiro atoms. The second-order valence-corrected chi connectivity index (χ2v) is 3.27. The molecule has 0 unspecified atom stereocenters. The fraction of sp³-hybridized carbons (Fsp3) is 0.111. The normalized spacial score (nSPS) is 10.3. The molecule has 0 saturated carbocycles. The lowest BCUT2D eigenvalue weighted by Gasteiger charge is -2.15. The lowest BCUT2D eigenvalue weighted by Crippen LogP contribution is -2.11. The quantitative estimate of drug-likeness (QED) is 0.551. The van der Waals surface area contributed by atoms with Crippen LogP contribution in [0.25, 0.3) is 0 Å². The topological polar surface area (TPSA) is 111 Å². The van der Waals surface area contributed by atoms with Gasteiger partial charge in [-0.2, -0.15) is 0 Å². The van der Waals surface area contributed by atoms with Gasteiger partial charge in [-0.1, -0.05) is 0 Å². The summed E-state index contributed by atoms with van der Waals surface area (Å²) in [5, 5.41) is 25.9. The maximum absolute atomic E-state index is 9.35. The molecule has 0 saturated heterocycles. The minimum absolute atomic E-state index is 0.172. The number of H-pyrrole nitrogens is 1. The number of nitrogens with zero attached hydrogens (tertiary/aromatic N) is 3. The highest BCUT2D eigenvalue weighted by Gasteiger charge is 2.10. The van der Waals surface area contributed by atoms with Crippen molar-refractivity contribution in [3.63, 3.8) is 0 Å². The molecule has 16 heavy (non-hydrogen) atoms. The summed E-state index contributed by atoms with van der Waals surface area (Å²) in [6.45, 7) is 0. The van der Waals surface area contributed by atoms with Crippen molar-refractivity contribution in [3.8, 4) is 11.5 Å². The van der Waals surface area contributed by atoms with Gasteiger partial charge in [0.25, 0.3) is 0 Å². The highest BCUT2D eigenvalue weighted by Crippen LogP contribution is 2.30. The summed E-state index contributed by atoms with van der Waals surface area (Å²) in [6.07, 6.45) is 0. The lowest BCUT2D eigenvalue weighted by atomic mass is 10.2. The molecule has 2 aromatic rings. The first-order valence-corrected chi connectivity index (χ1v) is 4.52. The van der Waals surface area contributed by atoms with Crippen molar-refractivity contribution in [1.29, 1.82) is 0 Å². The number of nitrogens with one attached hydrogen (secondary N) is 1. The Morgan fingerprint density at radius 2 is 2.00 bits per heavy atom. The Hall–Kier alpha value is -2.44. The first kappa shape index (κ1) is 10.1. The summed E-state index contributed by atoms with van der Waals surface area (Å²) in [7, 11) is 1.73. The Kier molecular flexibility index (Phi) is 2.28. The van der Waals surface area contributed by atoms with Crippen LogP contribution in [-0.4, -0.2) is 32.4 Å². The number of anilines is 3. The van der Waals surface area contributed by atoms with Crippen LogP contribution in [0, 0.1) is 0 Å². The van der Waals surface area contributed by atoms with Gasteiger partial charge in [-0.3, -0.25) is 4.98 Å². The van der Waals surface area contributed by atoms with E-state index in [1.807, 2.05) is 0 Å². The van der Waals surface area contributed by atoms with E-state index in [9.17, 15) is 10.2 Å². The molecular weight excluding hydrogens is 210 g/mol. The predicted octanol–water partition coefficient (Wildman–Crippen LogP) is 0.566. The van der Waals surface area contributed by atoms with Crippen LogP contribution < -0.4 is 10.6 Å². The molecule has 0 amide bonds. The summed E-state index contributed by atoms with van der Waals surface area (Å²) in [5.41, 5.74) is 6.05. The van der Waals surface area contributed by atoms with Gasteiger partial charge >= 0.3 is 0 Å². The van der Waals surface area contributed by atoms with E-state index in [0.29, 0.717) is 11.6 Å². The summed E-state index contributed by atoms with van der Waals surface area (Å²) in [5.74, 6) is 0.290. The largest absolute Gasteiger partial charge is 0.504 e. The van der Waals surface area contributed by atoms with Gasteiger partial charge in [0.05, 0.1) is 0 Å². The Labute approximate surface area is 91.2 Å². The SMILES string of the molecule is CN(c1ccc(O)c(O)c1)c1nnc(N)[nH]1. The molecule has 2 rings (SSSR count). The minimum atomic E-state index is -0.197. The Morgan fingerprint density at radius 1 is 1.25 bits per heavy atom. The van der Waals surface area contributed by atoms with Gasteiger partial charge in [0, 0.05) is 18.8 Å². The summed E-state index contributed by atoms with van der Waals surface area (Å²) < 4.78 is 0. The van der Waals surface area contributed by atoms with Crippen LogP contribution in [0.5, 0.6) is 11.5 Å². The Morgan fingerprint density at radius 3 is 2.56 bits per heavy atom. The second-order valence-electron chi connectivity index (χ2n) is 3.27. The maximum atomic E-state index is 9.35. The standard InChI is InChI=1S/C9H11N5O2/c1-14(9-11-8(10)12-13-9)5-2-3-6(15)7(16)4-5/h2-4,15-16H,1H3,(H3,10,11,12,13). The van der Waals surface area contributed by atoms with Crippen LogP contribution in [-0.2, 0) is 0 Å². The van der Waals surface area contributed by atoms with Crippen molar-refractivity contribution in [2.75, 3.05) is 17.7 Å². The number of aromatic nitrogens is 3. The molecule has 5 N–H and O–H groups in total. The fourth-order valence-electron chi connectivity index (χ4n) is 1.26. The summed E-state index contributed by atoms with van der Waals surface area (Å²) in [4.78, 5) is 4.39. The molecule has 0 aliphatic rings. The van der Waals surface area contributed by atoms with Crippen LogP contribution in [0.15, 0.2) is 18.2 Å². The monoisotopic (exact) mass is 221 g/mol. The van der Waals surface area contributed by atoms with Crippen molar-refractivity contribution >= 4 is 17.6 Å². The number of nitrogens with two attached hydrogens (primary N) is 1. The van der Waals surface area contributed by atoms with E-state index in [1.165, 1.54) is 12.1 Å². The van der Waals surface area contributed by atoms with Gasteiger partial charge in [0.1, 0.15) is 0 Å². The maximum Gasteiger partial charge on any atom is 0.230 e. The van der Waals surface area contributed by atoms with E-state index in [4.69, 9.17) is 5.73 Å². The van der Waals surface area contributed by atoms with Crippen LogP contribution in [0.2, 0.25) is 0 Å². The van der Waals surface area contributed by atoms with Gasteiger partial charge < -0.3 is 20.8 Å². The molecule has 0 aliphatic carbocycles. The molecule has 7 nitrogen and oxygen atoms in total. The number of aromatic amines is 1. The smallest absolute Gasteiger partial charge is 0.230 e. The van der Waals surface area contributed by atoms with Crippen LogP contribution in [0.1, 0.15) is 0 Å². The molecule has 1 aromatic heterocycles. The zero-order valence-corrected chi connectivity index (χ0v) is 8.55. The van der Waals surface area contributed by atoms with E-state index in [0.717, 1.165) is 0 Å². The van der Waals surface area contributed by atoms with Gasteiger partial charge in [-0.05, 0) is 12.1 Å². The number of hydrogen-bond acceptors (Lipinski definition) is 6. The minimum Gasteiger partial charge on any atom is -0.504 e. The highest BCUT2D eigenvalue weighted by atomic mass is 16.3. The summed E-state index contributed by atoms with van der Waals surface area (Å²) in [6, 6.07) is 4.43. The van der Waals surface area contributed by atoms with E-state index in [1.54, 1.807) is 18.0 Å². The number of aromatic hydroxyl groups is 2. The number of phenolic OH excluding ortho intramolecular Hbond substituents is 2. The van der Waals surface area contributed by atoms with Gasteiger partial charge in [0.2, 0.25) is 11.9 Å². The molecule has 1 aromatic carbocycles. The van der Waals surface area contributed by atoms with Gasteiger partial charge in [0.15, 0.2) is 11.5 Å². The third-order valence-electron chi connectivity index (χ3n) is 2.16. The fourth-order valence-corrected chi connectivity index (χ4v) is 1.26. The lowest BCUT2D eigenvalue weighted by molar-refractivity contribution is 0.404. The molecule has 0 radical (unpaired) electrons.